The zero-order chi connectivity index (χ0) is 10.3. The van der Waals surface area contributed by atoms with Gasteiger partial charge in [-0.15, -0.1) is 0 Å². The Morgan fingerprint density at radius 2 is 2.08 bits per heavy atom. The summed E-state index contributed by atoms with van der Waals surface area (Å²) in [7, 11) is 0. The maximum atomic E-state index is 10.5. The number of carboxylic acid groups (broad SMARTS) is 1. The minimum Gasteiger partial charge on any atom is -0.473 e. The van der Waals surface area contributed by atoms with Gasteiger partial charge >= 0.3 is 11.9 Å². The van der Waals surface area contributed by atoms with Gasteiger partial charge in [0.2, 0.25) is 0 Å². The van der Waals surface area contributed by atoms with Crippen LogP contribution in [-0.4, -0.2) is 23.7 Å². The molecule has 0 aromatic heterocycles. The van der Waals surface area contributed by atoms with Crippen LogP contribution in [0, 0.1) is 5.92 Å². The molecule has 0 heterocycles. The SMILES string of the molecule is CCCCC(C)COC(=O)C(=O)O. The summed E-state index contributed by atoms with van der Waals surface area (Å²) in [6.45, 7) is 4.21. The minimum absolute atomic E-state index is 0.200. The molecule has 0 saturated heterocycles. The highest BCUT2D eigenvalue weighted by atomic mass is 16.6. The Bertz CT molecular complexity index is 176. The van der Waals surface area contributed by atoms with Crippen LogP contribution in [0.15, 0.2) is 0 Å². The van der Waals surface area contributed by atoms with Crippen molar-refractivity contribution in [1.29, 1.82) is 0 Å². The molecule has 4 nitrogen and oxygen atoms in total. The largest absolute Gasteiger partial charge is 0.473 e. The van der Waals surface area contributed by atoms with Crippen molar-refractivity contribution in [2.45, 2.75) is 33.1 Å². The highest BCUT2D eigenvalue weighted by Crippen LogP contribution is 2.07. The first-order valence-electron chi connectivity index (χ1n) is 4.48. The molecule has 0 radical (unpaired) electrons. The maximum Gasteiger partial charge on any atom is 0.417 e. The summed E-state index contributed by atoms with van der Waals surface area (Å²) in [5.41, 5.74) is 0. The summed E-state index contributed by atoms with van der Waals surface area (Å²) < 4.78 is 4.52. The van der Waals surface area contributed by atoms with Crippen LogP contribution in [0.1, 0.15) is 33.1 Å². The fourth-order valence-electron chi connectivity index (χ4n) is 0.916. The van der Waals surface area contributed by atoms with E-state index in [0.29, 0.717) is 0 Å². The van der Waals surface area contributed by atoms with Crippen molar-refractivity contribution in [1.82, 2.24) is 0 Å². The molecule has 1 unspecified atom stereocenters. The van der Waals surface area contributed by atoms with Gasteiger partial charge in [-0.1, -0.05) is 26.7 Å². The molecule has 0 aliphatic heterocycles. The molecule has 1 atom stereocenters. The third-order valence-corrected chi connectivity index (χ3v) is 1.72. The molecule has 13 heavy (non-hydrogen) atoms. The second-order valence-electron chi connectivity index (χ2n) is 3.15. The molecule has 76 valence electrons. The summed E-state index contributed by atoms with van der Waals surface area (Å²) in [5.74, 6) is -2.45. The van der Waals surface area contributed by atoms with Crippen molar-refractivity contribution in [3.05, 3.63) is 0 Å². The van der Waals surface area contributed by atoms with E-state index in [4.69, 9.17) is 5.11 Å². The lowest BCUT2D eigenvalue weighted by atomic mass is 10.1. The molecule has 0 fully saturated rings. The van der Waals surface area contributed by atoms with E-state index in [9.17, 15) is 9.59 Å². The molecule has 0 aliphatic rings. The zero-order valence-corrected chi connectivity index (χ0v) is 8.08. The number of hydrogen-bond acceptors (Lipinski definition) is 3. The lowest BCUT2D eigenvalue weighted by Gasteiger charge is -2.09. The quantitative estimate of drug-likeness (QED) is 0.523. The number of aliphatic carboxylic acids is 1. The Balaban J connectivity index is 3.51. The number of carbonyl (C=O) groups excluding carboxylic acids is 1. The molecule has 1 N–H and O–H groups in total. The minimum atomic E-state index is -1.53. The number of hydrogen-bond donors (Lipinski definition) is 1. The maximum absolute atomic E-state index is 10.5. The van der Waals surface area contributed by atoms with Crippen LogP contribution in [0.25, 0.3) is 0 Å². The van der Waals surface area contributed by atoms with Gasteiger partial charge in [-0.25, -0.2) is 9.59 Å². The van der Waals surface area contributed by atoms with Gasteiger partial charge in [-0.05, 0) is 12.3 Å². The van der Waals surface area contributed by atoms with Crippen LogP contribution in [0.2, 0.25) is 0 Å². The standard InChI is InChI=1S/C9H16O4/c1-3-4-5-7(2)6-13-9(12)8(10)11/h7H,3-6H2,1-2H3,(H,10,11). The molecule has 0 aromatic rings. The summed E-state index contributed by atoms with van der Waals surface area (Å²) in [6.07, 6.45) is 3.13. The van der Waals surface area contributed by atoms with E-state index in [1.807, 2.05) is 6.92 Å². The van der Waals surface area contributed by atoms with Gasteiger partial charge in [-0.3, -0.25) is 0 Å². The van der Waals surface area contributed by atoms with Crippen molar-refractivity contribution < 1.29 is 19.4 Å². The lowest BCUT2D eigenvalue weighted by Crippen LogP contribution is -2.19. The third kappa shape index (κ3) is 6.13. The van der Waals surface area contributed by atoms with Gasteiger partial charge in [0.15, 0.2) is 0 Å². The summed E-state index contributed by atoms with van der Waals surface area (Å²) in [6, 6.07) is 0. The fourth-order valence-corrected chi connectivity index (χ4v) is 0.916. The predicted molar refractivity (Wildman–Crippen MR) is 47.3 cm³/mol. The Morgan fingerprint density at radius 3 is 2.54 bits per heavy atom. The summed E-state index contributed by atoms with van der Waals surface area (Å²) in [5, 5.41) is 8.20. The third-order valence-electron chi connectivity index (χ3n) is 1.72. The van der Waals surface area contributed by atoms with E-state index in [1.54, 1.807) is 0 Å². The number of unbranched alkanes of at least 4 members (excludes halogenated alkanes) is 1. The van der Waals surface area contributed by atoms with Gasteiger partial charge in [0, 0.05) is 0 Å². The van der Waals surface area contributed by atoms with Crippen LogP contribution < -0.4 is 0 Å². The smallest absolute Gasteiger partial charge is 0.417 e. The number of carbonyl (C=O) groups is 2. The number of rotatable bonds is 5. The first kappa shape index (κ1) is 11.9. The van der Waals surface area contributed by atoms with E-state index < -0.39 is 11.9 Å². The molecule has 0 aliphatic carbocycles. The van der Waals surface area contributed by atoms with E-state index >= 15 is 0 Å². The normalized spacial score (nSPS) is 12.2. The average molecular weight is 188 g/mol. The van der Waals surface area contributed by atoms with Crippen molar-refractivity contribution in [3.63, 3.8) is 0 Å². The molecule has 0 bridgehead atoms. The first-order valence-corrected chi connectivity index (χ1v) is 4.48. The molecule has 0 spiro atoms. The van der Waals surface area contributed by atoms with Gasteiger partial charge < -0.3 is 9.84 Å². The Hall–Kier alpha value is -1.06. The molecule has 0 aromatic carbocycles. The van der Waals surface area contributed by atoms with Crippen LogP contribution >= 0.6 is 0 Å². The highest BCUT2D eigenvalue weighted by molar-refractivity contribution is 6.28. The highest BCUT2D eigenvalue weighted by Gasteiger charge is 2.13. The molecular formula is C9H16O4. The first-order chi connectivity index (χ1) is 6.07. The number of ether oxygens (including phenoxy) is 1. The molecule has 4 heteroatoms. The van der Waals surface area contributed by atoms with Gasteiger partial charge in [-0.2, -0.15) is 0 Å². The van der Waals surface area contributed by atoms with E-state index in [2.05, 4.69) is 11.7 Å². The Labute approximate surface area is 77.9 Å². The van der Waals surface area contributed by atoms with Gasteiger partial charge in [0.1, 0.15) is 0 Å². The van der Waals surface area contributed by atoms with Crippen molar-refractivity contribution in [3.8, 4) is 0 Å². The second-order valence-corrected chi connectivity index (χ2v) is 3.15. The average Bonchev–Trinajstić information content (AvgIpc) is 2.10. The predicted octanol–water partition coefficient (Wildman–Crippen LogP) is 1.44. The second kappa shape index (κ2) is 6.46. The van der Waals surface area contributed by atoms with Gasteiger partial charge in [0.05, 0.1) is 6.61 Å². The van der Waals surface area contributed by atoms with Crippen molar-refractivity contribution in [2.24, 2.45) is 5.92 Å². The van der Waals surface area contributed by atoms with Crippen LogP contribution in [0.3, 0.4) is 0 Å². The molecule has 0 rings (SSSR count). The topological polar surface area (TPSA) is 63.6 Å². The Kier molecular flexibility index (Phi) is 5.93. The van der Waals surface area contributed by atoms with Crippen LogP contribution in [0.5, 0.6) is 0 Å². The van der Waals surface area contributed by atoms with E-state index in [0.717, 1.165) is 19.3 Å². The van der Waals surface area contributed by atoms with E-state index in [-0.39, 0.29) is 12.5 Å². The van der Waals surface area contributed by atoms with Crippen LogP contribution in [-0.2, 0) is 14.3 Å². The van der Waals surface area contributed by atoms with Gasteiger partial charge in [0.25, 0.3) is 0 Å². The fraction of sp³-hybridized carbons (Fsp3) is 0.778. The van der Waals surface area contributed by atoms with Crippen LogP contribution in [0.4, 0.5) is 0 Å². The number of esters is 1. The monoisotopic (exact) mass is 188 g/mol. The summed E-state index contributed by atoms with van der Waals surface area (Å²) >= 11 is 0. The van der Waals surface area contributed by atoms with Crippen molar-refractivity contribution in [2.75, 3.05) is 6.61 Å². The lowest BCUT2D eigenvalue weighted by molar-refractivity contribution is -0.164. The molecular weight excluding hydrogens is 172 g/mol. The summed E-state index contributed by atoms with van der Waals surface area (Å²) in [4.78, 5) is 20.6. The Morgan fingerprint density at radius 1 is 1.46 bits per heavy atom. The molecule has 0 amide bonds. The zero-order valence-electron chi connectivity index (χ0n) is 8.08. The number of carboxylic acids is 1. The van der Waals surface area contributed by atoms with Crippen molar-refractivity contribution >= 4 is 11.9 Å². The van der Waals surface area contributed by atoms with E-state index in [1.165, 1.54) is 0 Å². The molecule has 0 saturated carbocycles.